The molecule has 0 unspecified atom stereocenters. The van der Waals surface area contributed by atoms with Gasteiger partial charge in [-0.05, 0) is 44.9 Å². The van der Waals surface area contributed by atoms with E-state index in [-0.39, 0.29) is 43.2 Å². The number of benzene rings is 1. The minimum atomic E-state index is -4.54. The van der Waals surface area contributed by atoms with Gasteiger partial charge in [-0.1, -0.05) is 18.2 Å². The fourth-order valence-electron chi connectivity index (χ4n) is 4.12. The van der Waals surface area contributed by atoms with Crippen LogP contribution in [-0.4, -0.2) is 44.5 Å². The summed E-state index contributed by atoms with van der Waals surface area (Å²) in [6, 6.07) is 4.17. The first-order valence-corrected chi connectivity index (χ1v) is 12.1. The van der Waals surface area contributed by atoms with Crippen LogP contribution in [0, 0.1) is 0 Å². The Morgan fingerprint density at radius 3 is 2.33 bits per heavy atom. The molecule has 0 bridgehead atoms. The number of nitrogens with zero attached hydrogens (tertiary/aromatic N) is 2. The maximum atomic E-state index is 13.5. The molecule has 39 heavy (non-hydrogen) atoms. The number of hydrogen-bond donors (Lipinski definition) is 2. The average molecular weight is 550 g/mol. The van der Waals surface area contributed by atoms with Gasteiger partial charge in [-0.2, -0.15) is 13.2 Å². The molecule has 12 heteroatoms. The van der Waals surface area contributed by atoms with E-state index < -0.39 is 52.6 Å². The molecule has 2 aromatic rings. The van der Waals surface area contributed by atoms with Crippen LogP contribution in [-0.2, 0) is 40.1 Å². The first kappa shape index (κ1) is 29.5. The number of alkyl halides is 3. The van der Waals surface area contributed by atoms with E-state index in [9.17, 15) is 37.5 Å². The van der Waals surface area contributed by atoms with Crippen LogP contribution in [0.1, 0.15) is 66.4 Å². The van der Waals surface area contributed by atoms with Crippen molar-refractivity contribution in [2.75, 3.05) is 6.54 Å². The van der Waals surface area contributed by atoms with Crippen LogP contribution < -0.4 is 10.9 Å². The monoisotopic (exact) mass is 549 g/mol. The smallest absolute Gasteiger partial charge is 0.416 e. The van der Waals surface area contributed by atoms with Crippen LogP contribution in [0.2, 0.25) is 0 Å². The highest BCUT2D eigenvalue weighted by Crippen LogP contribution is 2.33. The lowest BCUT2D eigenvalue weighted by molar-refractivity contribution is -0.153. The number of ether oxygens (including phenoxy) is 1. The molecule has 2 amide bonds. The van der Waals surface area contributed by atoms with Gasteiger partial charge >= 0.3 is 12.1 Å². The number of aromatic nitrogens is 1. The van der Waals surface area contributed by atoms with Crippen LogP contribution >= 0.6 is 0 Å². The van der Waals surface area contributed by atoms with Gasteiger partial charge < -0.3 is 24.6 Å². The summed E-state index contributed by atoms with van der Waals surface area (Å²) in [6.07, 6.45) is -2.41. The molecule has 0 saturated carbocycles. The molecule has 0 saturated heterocycles. The van der Waals surface area contributed by atoms with Gasteiger partial charge in [-0.25, -0.2) is 0 Å². The summed E-state index contributed by atoms with van der Waals surface area (Å²) < 4.78 is 45.3. The summed E-state index contributed by atoms with van der Waals surface area (Å²) in [6.45, 7) is 7.58. The zero-order valence-corrected chi connectivity index (χ0v) is 21.9. The molecule has 0 radical (unpaired) electrons. The number of esters is 1. The first-order chi connectivity index (χ1) is 18.1. The fourth-order valence-corrected chi connectivity index (χ4v) is 4.12. The number of pyridine rings is 1. The van der Waals surface area contributed by atoms with E-state index in [1.165, 1.54) is 17.0 Å². The highest BCUT2D eigenvalue weighted by atomic mass is 19.4. The number of allylic oxidation sites excluding steroid dienone is 1. The van der Waals surface area contributed by atoms with Crippen molar-refractivity contribution in [1.29, 1.82) is 0 Å². The second-order valence-corrected chi connectivity index (χ2v) is 10.1. The number of amides is 2. The van der Waals surface area contributed by atoms with Crippen LogP contribution in [0.15, 0.2) is 41.7 Å². The normalized spacial score (nSPS) is 13.1. The number of carbonyl (C=O) groups is 3. The van der Waals surface area contributed by atoms with E-state index in [1.54, 1.807) is 26.8 Å². The van der Waals surface area contributed by atoms with Crippen molar-refractivity contribution < 1.29 is 37.4 Å². The Balaban J connectivity index is 2.00. The number of fused-ring (bicyclic) bond motifs is 1. The number of nitrogens with one attached hydrogen (secondary N) is 1. The zero-order chi connectivity index (χ0) is 29.1. The van der Waals surface area contributed by atoms with Gasteiger partial charge in [-0.3, -0.25) is 19.2 Å². The van der Waals surface area contributed by atoms with Crippen molar-refractivity contribution in [2.24, 2.45) is 0 Å². The third kappa shape index (κ3) is 7.06. The highest BCUT2D eigenvalue weighted by molar-refractivity contribution is 5.98. The van der Waals surface area contributed by atoms with E-state index >= 15 is 0 Å². The topological polar surface area (TPSA) is 118 Å². The quantitative estimate of drug-likeness (QED) is 0.385. The summed E-state index contributed by atoms with van der Waals surface area (Å²) in [7, 11) is 0. The van der Waals surface area contributed by atoms with Crippen molar-refractivity contribution in [2.45, 2.75) is 65.0 Å². The number of aromatic hydroxyl groups is 1. The van der Waals surface area contributed by atoms with E-state index in [4.69, 9.17) is 4.74 Å². The molecule has 0 spiro atoms. The average Bonchev–Trinajstić information content (AvgIpc) is 3.28. The minimum Gasteiger partial charge on any atom is -0.506 e. The van der Waals surface area contributed by atoms with E-state index in [1.807, 2.05) is 0 Å². The Hall–Kier alpha value is -4.09. The Morgan fingerprint density at radius 1 is 1.13 bits per heavy atom. The molecule has 1 aliphatic heterocycles. The summed E-state index contributed by atoms with van der Waals surface area (Å²) in [5, 5.41) is 13.2. The third-order valence-corrected chi connectivity index (χ3v) is 5.92. The standard InChI is InChI=1S/C27H30F3N3O6/c1-5-6-7-20(34)32-14-18-19(15-32)33(13-16-8-10-17(11-9-16)27(28,29)30)25(38)22(23(18)36)24(37)31-12-21(35)39-26(2,3)4/h5,8-11,36H,1,6-7,12-15H2,2-4H3,(H,31,37). The first-order valence-electron chi connectivity index (χ1n) is 12.1. The molecule has 2 heterocycles. The molecule has 1 aromatic heterocycles. The van der Waals surface area contributed by atoms with E-state index in [0.29, 0.717) is 12.0 Å². The molecular formula is C27H30F3N3O6. The van der Waals surface area contributed by atoms with Gasteiger partial charge in [0.15, 0.2) is 0 Å². The van der Waals surface area contributed by atoms with Crippen molar-refractivity contribution in [1.82, 2.24) is 14.8 Å². The molecule has 3 rings (SSSR count). The lowest BCUT2D eigenvalue weighted by Gasteiger charge is -2.20. The molecule has 0 atom stereocenters. The summed E-state index contributed by atoms with van der Waals surface area (Å²) in [5.41, 5.74) is -2.50. The number of carbonyl (C=O) groups excluding carboxylic acids is 3. The second-order valence-electron chi connectivity index (χ2n) is 10.1. The maximum absolute atomic E-state index is 13.5. The van der Waals surface area contributed by atoms with E-state index in [0.717, 1.165) is 16.7 Å². The molecule has 1 aliphatic rings. The van der Waals surface area contributed by atoms with Gasteiger partial charge in [-0.15, -0.1) is 6.58 Å². The van der Waals surface area contributed by atoms with Crippen molar-refractivity contribution in [3.05, 3.63) is 75.2 Å². The number of hydrogen-bond acceptors (Lipinski definition) is 6. The van der Waals surface area contributed by atoms with Crippen molar-refractivity contribution in [3.8, 4) is 5.75 Å². The Morgan fingerprint density at radius 2 is 1.77 bits per heavy atom. The number of halogens is 3. The molecule has 210 valence electrons. The molecule has 0 fully saturated rings. The van der Waals surface area contributed by atoms with E-state index in [2.05, 4.69) is 11.9 Å². The second kappa shape index (κ2) is 11.3. The van der Waals surface area contributed by atoms with Crippen LogP contribution in [0.4, 0.5) is 13.2 Å². The minimum absolute atomic E-state index is 0.0471. The van der Waals surface area contributed by atoms with Crippen molar-refractivity contribution in [3.63, 3.8) is 0 Å². The van der Waals surface area contributed by atoms with Gasteiger partial charge in [0, 0.05) is 17.7 Å². The fraction of sp³-hybridized carbons (Fsp3) is 0.407. The molecular weight excluding hydrogens is 519 g/mol. The Bertz CT molecular complexity index is 1340. The predicted octanol–water partition coefficient (Wildman–Crippen LogP) is 3.50. The largest absolute Gasteiger partial charge is 0.506 e. The Labute approximate surface area is 222 Å². The predicted molar refractivity (Wildman–Crippen MR) is 135 cm³/mol. The van der Waals surface area contributed by atoms with Gasteiger partial charge in [0.1, 0.15) is 23.5 Å². The van der Waals surface area contributed by atoms with Crippen LogP contribution in [0.25, 0.3) is 0 Å². The summed E-state index contributed by atoms with van der Waals surface area (Å²) in [4.78, 5) is 52.5. The van der Waals surface area contributed by atoms with Crippen LogP contribution in [0.3, 0.4) is 0 Å². The van der Waals surface area contributed by atoms with Gasteiger partial charge in [0.25, 0.3) is 11.5 Å². The summed E-state index contributed by atoms with van der Waals surface area (Å²) >= 11 is 0. The SMILES string of the molecule is C=CCCC(=O)N1Cc2c(O)c(C(=O)NCC(=O)OC(C)(C)C)c(=O)n(Cc3ccc(C(F)(F)F)cc3)c2C1. The summed E-state index contributed by atoms with van der Waals surface area (Å²) in [5.74, 6) is -2.70. The van der Waals surface area contributed by atoms with Crippen LogP contribution in [0.5, 0.6) is 5.75 Å². The Kier molecular flexibility index (Phi) is 8.57. The molecule has 0 aliphatic carbocycles. The maximum Gasteiger partial charge on any atom is 0.416 e. The highest BCUT2D eigenvalue weighted by Gasteiger charge is 2.34. The molecule has 9 nitrogen and oxygen atoms in total. The lowest BCUT2D eigenvalue weighted by atomic mass is 10.1. The van der Waals surface area contributed by atoms with Crippen molar-refractivity contribution >= 4 is 17.8 Å². The van der Waals surface area contributed by atoms with Gasteiger partial charge in [0.05, 0.1) is 25.2 Å². The third-order valence-electron chi connectivity index (χ3n) is 5.92. The lowest BCUT2D eigenvalue weighted by Crippen LogP contribution is -2.39. The number of rotatable bonds is 8. The van der Waals surface area contributed by atoms with Gasteiger partial charge in [0.2, 0.25) is 5.91 Å². The molecule has 2 N–H and O–H groups in total. The zero-order valence-electron chi connectivity index (χ0n) is 21.9. The molecule has 1 aromatic carbocycles.